The third kappa shape index (κ3) is 5.92. The fourth-order valence-electron chi connectivity index (χ4n) is 5.64. The summed E-state index contributed by atoms with van der Waals surface area (Å²) < 4.78 is 62.1. The van der Waals surface area contributed by atoms with Gasteiger partial charge in [0.2, 0.25) is 17.6 Å². The zero-order valence-electron chi connectivity index (χ0n) is 22.4. The van der Waals surface area contributed by atoms with Crippen LogP contribution in [0.25, 0.3) is 22.4 Å². The lowest BCUT2D eigenvalue weighted by Gasteiger charge is -2.33. The number of hydrogen-bond donors (Lipinski definition) is 2. The second-order valence-corrected chi connectivity index (χ2v) is 10.9. The van der Waals surface area contributed by atoms with Gasteiger partial charge in [-0.2, -0.15) is 18.2 Å². The van der Waals surface area contributed by atoms with Crippen molar-refractivity contribution in [2.75, 3.05) is 25.5 Å². The average molecular weight is 571 g/mol. The largest absolute Gasteiger partial charge is 0.406 e. The van der Waals surface area contributed by atoms with Crippen LogP contribution in [0.3, 0.4) is 0 Å². The smallest absolute Gasteiger partial charge is 0.379 e. The summed E-state index contributed by atoms with van der Waals surface area (Å²) >= 11 is 0. The van der Waals surface area contributed by atoms with E-state index in [4.69, 9.17) is 4.52 Å². The SMILES string of the molecule is CN1CC[C@@H](Nc2cccc3c2cc(-c2noc(CNC(=O)[C@H]4C[C@H]4c4ccccc4)n2)n3CC(F)(F)F)[C@@H](F)C1. The minimum Gasteiger partial charge on any atom is -0.379 e. The highest BCUT2D eigenvalue weighted by molar-refractivity contribution is 5.96. The van der Waals surface area contributed by atoms with Crippen molar-refractivity contribution >= 4 is 22.5 Å². The molecule has 0 radical (unpaired) electrons. The van der Waals surface area contributed by atoms with Crippen molar-refractivity contribution in [1.29, 1.82) is 0 Å². The minimum atomic E-state index is -4.51. The van der Waals surface area contributed by atoms with Crippen LogP contribution in [-0.4, -0.2) is 64.0 Å². The second-order valence-electron chi connectivity index (χ2n) is 10.9. The molecule has 1 aliphatic heterocycles. The first-order valence-corrected chi connectivity index (χ1v) is 13.6. The zero-order valence-corrected chi connectivity index (χ0v) is 22.4. The molecule has 1 aliphatic carbocycles. The fraction of sp³-hybridized carbons (Fsp3) is 0.414. The van der Waals surface area contributed by atoms with E-state index in [9.17, 15) is 22.4 Å². The number of alkyl halides is 4. The molecule has 6 rings (SSSR count). The third-order valence-electron chi connectivity index (χ3n) is 7.83. The molecule has 2 aromatic heterocycles. The quantitative estimate of drug-likeness (QED) is 0.286. The topological polar surface area (TPSA) is 88.2 Å². The summed E-state index contributed by atoms with van der Waals surface area (Å²) in [5.74, 6) is -0.0671. The van der Waals surface area contributed by atoms with Crippen molar-refractivity contribution < 1.29 is 26.9 Å². The molecule has 2 N–H and O–H groups in total. The van der Waals surface area contributed by atoms with E-state index >= 15 is 0 Å². The van der Waals surface area contributed by atoms with Crippen molar-refractivity contribution in [3.8, 4) is 11.5 Å². The summed E-state index contributed by atoms with van der Waals surface area (Å²) in [6, 6.07) is 15.8. The van der Waals surface area contributed by atoms with Crippen LogP contribution >= 0.6 is 0 Å². The number of piperidine rings is 1. The van der Waals surface area contributed by atoms with Crippen LogP contribution in [0.15, 0.2) is 59.1 Å². The van der Waals surface area contributed by atoms with Gasteiger partial charge in [-0.05, 0) is 49.6 Å². The lowest BCUT2D eigenvalue weighted by molar-refractivity contribution is -0.139. The molecule has 8 nitrogen and oxygen atoms in total. The van der Waals surface area contributed by atoms with E-state index in [-0.39, 0.29) is 48.2 Å². The van der Waals surface area contributed by atoms with Gasteiger partial charge in [-0.15, -0.1) is 0 Å². The molecular weight excluding hydrogens is 540 g/mol. The number of hydrogen-bond acceptors (Lipinski definition) is 6. The Kier molecular flexibility index (Phi) is 7.18. The van der Waals surface area contributed by atoms with Gasteiger partial charge in [0, 0.05) is 30.1 Å². The van der Waals surface area contributed by atoms with Crippen molar-refractivity contribution in [3.63, 3.8) is 0 Å². The summed E-state index contributed by atoms with van der Waals surface area (Å²) in [5.41, 5.74) is 2.07. The number of nitrogens with one attached hydrogen (secondary N) is 2. The Labute approximate surface area is 233 Å². The van der Waals surface area contributed by atoms with Crippen LogP contribution in [0.4, 0.5) is 23.2 Å². The number of rotatable bonds is 8. The molecule has 1 saturated carbocycles. The molecule has 2 aliphatic rings. The van der Waals surface area contributed by atoms with E-state index in [2.05, 4.69) is 20.8 Å². The minimum absolute atomic E-state index is 0.0307. The Hall–Kier alpha value is -3.93. The van der Waals surface area contributed by atoms with E-state index in [1.54, 1.807) is 24.3 Å². The molecule has 2 fully saturated rings. The first kappa shape index (κ1) is 27.3. The van der Waals surface area contributed by atoms with Gasteiger partial charge in [0.15, 0.2) is 0 Å². The van der Waals surface area contributed by atoms with Crippen LogP contribution in [0.2, 0.25) is 0 Å². The van der Waals surface area contributed by atoms with E-state index in [0.29, 0.717) is 29.6 Å². The van der Waals surface area contributed by atoms with E-state index < -0.39 is 24.9 Å². The lowest BCUT2D eigenvalue weighted by atomic mass is 10.0. The number of anilines is 1. The average Bonchev–Trinajstić information content (AvgIpc) is 3.47. The van der Waals surface area contributed by atoms with Crippen LogP contribution in [0.5, 0.6) is 0 Å². The summed E-state index contributed by atoms with van der Waals surface area (Å²) in [6.07, 6.45) is -4.31. The molecule has 3 heterocycles. The highest BCUT2D eigenvalue weighted by Gasteiger charge is 2.43. The summed E-state index contributed by atoms with van der Waals surface area (Å²) in [4.78, 5) is 18.8. The molecular formula is C29H30F4N6O2. The Morgan fingerprint density at radius 3 is 2.71 bits per heavy atom. The fourth-order valence-corrected chi connectivity index (χ4v) is 5.64. The molecule has 0 unspecified atom stereocenters. The van der Waals surface area contributed by atoms with Crippen LogP contribution in [0.1, 0.15) is 30.2 Å². The maximum Gasteiger partial charge on any atom is 0.406 e. The van der Waals surface area contributed by atoms with Crippen molar-refractivity contribution in [2.24, 2.45) is 5.92 Å². The van der Waals surface area contributed by atoms with E-state index in [1.807, 2.05) is 42.3 Å². The van der Waals surface area contributed by atoms with Crippen molar-refractivity contribution in [2.45, 2.75) is 50.2 Å². The van der Waals surface area contributed by atoms with Gasteiger partial charge in [0.05, 0.1) is 23.8 Å². The Bertz CT molecular complexity index is 1540. The number of aromatic nitrogens is 3. The number of halogens is 4. The molecule has 1 amide bonds. The Balaban J connectivity index is 1.22. The molecule has 216 valence electrons. The Morgan fingerprint density at radius 2 is 1.95 bits per heavy atom. The van der Waals surface area contributed by atoms with Gasteiger partial charge in [-0.25, -0.2) is 4.39 Å². The third-order valence-corrected chi connectivity index (χ3v) is 7.83. The highest BCUT2D eigenvalue weighted by atomic mass is 19.4. The number of carbonyl (C=O) groups is 1. The number of likely N-dealkylation sites (tertiary alicyclic amines) is 1. The number of carbonyl (C=O) groups excluding carboxylic acids is 1. The molecule has 12 heteroatoms. The molecule has 0 bridgehead atoms. The summed E-state index contributed by atoms with van der Waals surface area (Å²) in [6.45, 7) is -0.309. The van der Waals surface area contributed by atoms with E-state index in [1.165, 1.54) is 0 Å². The van der Waals surface area contributed by atoms with E-state index in [0.717, 1.165) is 16.6 Å². The maximum absolute atomic E-state index is 14.7. The molecule has 41 heavy (non-hydrogen) atoms. The van der Waals surface area contributed by atoms with Gasteiger partial charge < -0.3 is 24.6 Å². The first-order valence-electron chi connectivity index (χ1n) is 13.6. The molecule has 2 aromatic carbocycles. The van der Waals surface area contributed by atoms with Gasteiger partial charge >= 0.3 is 6.18 Å². The Morgan fingerprint density at radius 1 is 1.15 bits per heavy atom. The summed E-state index contributed by atoms with van der Waals surface area (Å²) in [5, 5.41) is 10.4. The van der Waals surface area contributed by atoms with Crippen LogP contribution in [-0.2, 0) is 17.9 Å². The number of nitrogens with zero attached hydrogens (tertiary/aromatic N) is 4. The van der Waals surface area contributed by atoms with Crippen molar-refractivity contribution in [1.82, 2.24) is 24.9 Å². The highest BCUT2D eigenvalue weighted by Crippen LogP contribution is 2.47. The number of benzene rings is 2. The monoisotopic (exact) mass is 570 g/mol. The number of fused-ring (bicyclic) bond motifs is 1. The van der Waals surface area contributed by atoms with Crippen LogP contribution in [0, 0.1) is 5.92 Å². The zero-order chi connectivity index (χ0) is 28.7. The normalized spacial score (nSPS) is 23.0. The maximum atomic E-state index is 14.7. The second kappa shape index (κ2) is 10.8. The van der Waals surface area contributed by atoms with Gasteiger partial charge in [-0.1, -0.05) is 41.6 Å². The van der Waals surface area contributed by atoms with Gasteiger partial charge in [-0.3, -0.25) is 4.79 Å². The standard InChI is InChI=1S/C29H30F4N6O2/c1-38-11-10-23(21(30)15-38)35-22-8-5-9-24-20(22)13-25(39(24)16-29(31,32)33)27-36-26(41-37-27)14-34-28(40)19-12-18(19)17-6-3-2-4-7-17/h2-9,13,18-19,21,23,35H,10-12,14-16H2,1H3,(H,34,40)/t18-,19-,21-,23+/m0/s1. The van der Waals surface area contributed by atoms with Crippen LogP contribution < -0.4 is 10.6 Å². The molecule has 4 atom stereocenters. The van der Waals surface area contributed by atoms with Gasteiger partial charge in [0.25, 0.3) is 0 Å². The predicted octanol–water partition coefficient (Wildman–Crippen LogP) is 5.13. The predicted molar refractivity (Wildman–Crippen MR) is 145 cm³/mol. The first-order chi connectivity index (χ1) is 19.7. The van der Waals surface area contributed by atoms with Gasteiger partial charge in [0.1, 0.15) is 12.7 Å². The van der Waals surface area contributed by atoms with Crippen molar-refractivity contribution in [3.05, 3.63) is 66.1 Å². The summed E-state index contributed by atoms with van der Waals surface area (Å²) in [7, 11) is 1.85. The molecule has 1 saturated heterocycles. The molecule has 4 aromatic rings. The number of amides is 1. The molecule has 0 spiro atoms. The lowest BCUT2D eigenvalue weighted by Crippen LogP contribution is -2.46.